The van der Waals surface area contributed by atoms with E-state index in [1.165, 1.54) is 11.8 Å². The average Bonchev–Trinajstić information content (AvgIpc) is 3.05. The van der Waals surface area contributed by atoms with Gasteiger partial charge in [-0.05, 0) is 55.0 Å². The first-order chi connectivity index (χ1) is 11.6. The molecule has 3 rings (SSSR count). The fraction of sp³-hybridized carbons (Fsp3) is 0.235. The summed E-state index contributed by atoms with van der Waals surface area (Å²) in [4.78, 5) is 4.52. The molecule has 2 aromatic heterocycles. The van der Waals surface area contributed by atoms with E-state index in [9.17, 15) is 5.26 Å². The van der Waals surface area contributed by atoms with Gasteiger partial charge in [0.15, 0.2) is 5.82 Å². The first kappa shape index (κ1) is 16.1. The van der Waals surface area contributed by atoms with Crippen LogP contribution in [0.1, 0.15) is 34.8 Å². The Bertz CT molecular complexity index is 897. The van der Waals surface area contributed by atoms with Crippen molar-refractivity contribution < 1.29 is 0 Å². The summed E-state index contributed by atoms with van der Waals surface area (Å²) in [7, 11) is 0. The van der Waals surface area contributed by atoms with E-state index in [4.69, 9.17) is 0 Å². The lowest BCUT2D eigenvalue weighted by Gasteiger charge is -2.13. The Morgan fingerprint density at radius 1 is 1.21 bits per heavy atom. The van der Waals surface area contributed by atoms with Crippen molar-refractivity contribution in [3.05, 3.63) is 59.0 Å². The van der Waals surface area contributed by atoms with Crippen LogP contribution in [0.25, 0.3) is 5.69 Å². The molecule has 0 amide bonds. The van der Waals surface area contributed by atoms with Crippen LogP contribution in [0.5, 0.6) is 0 Å². The van der Waals surface area contributed by atoms with Gasteiger partial charge in [0.25, 0.3) is 0 Å². The van der Waals surface area contributed by atoms with E-state index in [0.29, 0.717) is 10.6 Å². The Morgan fingerprint density at radius 2 is 1.96 bits per heavy atom. The summed E-state index contributed by atoms with van der Waals surface area (Å²) in [6.45, 7) is 5.86. The van der Waals surface area contributed by atoms with Crippen LogP contribution in [0.3, 0.4) is 0 Å². The summed E-state index contributed by atoms with van der Waals surface area (Å²) in [5.74, 6) is 0.719. The van der Waals surface area contributed by atoms with Crippen LogP contribution >= 0.6 is 11.8 Å². The fourth-order valence-electron chi connectivity index (χ4n) is 2.44. The van der Waals surface area contributed by atoms with Gasteiger partial charge in [-0.15, -0.1) is 5.10 Å². The fourth-order valence-corrected chi connectivity index (χ4v) is 3.55. The molecular formula is C17H16N6S. The lowest BCUT2D eigenvalue weighted by Crippen LogP contribution is -2.05. The Hall–Kier alpha value is -2.72. The molecule has 120 valence electrons. The van der Waals surface area contributed by atoms with E-state index in [1.807, 2.05) is 57.2 Å². The maximum Gasteiger partial charge on any atom is 0.169 e. The van der Waals surface area contributed by atoms with Crippen molar-refractivity contribution in [3.63, 3.8) is 0 Å². The second-order valence-electron chi connectivity index (χ2n) is 5.42. The predicted molar refractivity (Wildman–Crippen MR) is 91.9 cm³/mol. The third kappa shape index (κ3) is 3.14. The van der Waals surface area contributed by atoms with E-state index in [0.717, 1.165) is 22.8 Å². The van der Waals surface area contributed by atoms with Crippen molar-refractivity contribution in [2.24, 2.45) is 0 Å². The molecule has 0 radical (unpaired) electrons. The van der Waals surface area contributed by atoms with Gasteiger partial charge < -0.3 is 0 Å². The van der Waals surface area contributed by atoms with Gasteiger partial charge in [0.1, 0.15) is 11.1 Å². The highest BCUT2D eigenvalue weighted by molar-refractivity contribution is 7.99. The number of aromatic nitrogens is 5. The molecule has 0 saturated heterocycles. The number of thioether (sulfide) groups is 1. The van der Waals surface area contributed by atoms with Crippen molar-refractivity contribution in [3.8, 4) is 11.8 Å². The number of hydrogen-bond donors (Lipinski definition) is 0. The molecule has 6 nitrogen and oxygen atoms in total. The van der Waals surface area contributed by atoms with Crippen molar-refractivity contribution in [1.82, 2.24) is 25.2 Å². The number of benzene rings is 1. The molecule has 0 fully saturated rings. The number of para-hydroxylation sites is 1. The third-order valence-corrected chi connectivity index (χ3v) is 4.65. The molecule has 3 aromatic rings. The van der Waals surface area contributed by atoms with E-state index in [2.05, 4.69) is 26.6 Å². The molecule has 1 aromatic carbocycles. The Labute approximate surface area is 144 Å². The van der Waals surface area contributed by atoms with Gasteiger partial charge in [-0.25, -0.2) is 4.98 Å². The quantitative estimate of drug-likeness (QED) is 0.679. The number of pyridine rings is 1. The summed E-state index contributed by atoms with van der Waals surface area (Å²) in [5.41, 5.74) is 3.33. The Balaban J connectivity index is 1.94. The van der Waals surface area contributed by atoms with Gasteiger partial charge in [0.05, 0.1) is 16.5 Å². The van der Waals surface area contributed by atoms with Gasteiger partial charge in [-0.3, -0.25) is 0 Å². The average molecular weight is 336 g/mol. The molecule has 0 aliphatic rings. The summed E-state index contributed by atoms with van der Waals surface area (Å²) >= 11 is 1.49. The van der Waals surface area contributed by atoms with Crippen molar-refractivity contribution in [2.45, 2.75) is 31.0 Å². The van der Waals surface area contributed by atoms with Gasteiger partial charge in [0.2, 0.25) is 0 Å². The van der Waals surface area contributed by atoms with Crippen LogP contribution < -0.4 is 0 Å². The first-order valence-corrected chi connectivity index (χ1v) is 8.37. The molecule has 0 spiro atoms. The van der Waals surface area contributed by atoms with Gasteiger partial charge in [0, 0.05) is 5.69 Å². The Morgan fingerprint density at radius 3 is 2.67 bits per heavy atom. The first-order valence-electron chi connectivity index (χ1n) is 7.49. The minimum atomic E-state index is -0.0546. The highest BCUT2D eigenvalue weighted by atomic mass is 32.2. The van der Waals surface area contributed by atoms with Gasteiger partial charge in [-0.1, -0.05) is 30.0 Å². The minimum Gasteiger partial charge on any atom is -0.245 e. The van der Waals surface area contributed by atoms with Crippen molar-refractivity contribution in [2.75, 3.05) is 0 Å². The number of aryl methyl sites for hydroxylation is 2. The third-order valence-electron chi connectivity index (χ3n) is 3.57. The SMILES string of the molecule is Cc1cc(C)c(C#N)c(S[C@H](C)c2nnnn2-c2ccccc2)n1. The van der Waals surface area contributed by atoms with Gasteiger partial charge in [-0.2, -0.15) is 9.94 Å². The second kappa shape index (κ2) is 6.81. The number of rotatable bonds is 4. The zero-order chi connectivity index (χ0) is 17.1. The van der Waals surface area contributed by atoms with Gasteiger partial charge >= 0.3 is 0 Å². The molecule has 24 heavy (non-hydrogen) atoms. The van der Waals surface area contributed by atoms with Crippen LogP contribution in [0.4, 0.5) is 0 Å². The normalized spacial score (nSPS) is 11.9. The number of nitriles is 1. The Kier molecular flexibility index (Phi) is 4.58. The lowest BCUT2D eigenvalue weighted by molar-refractivity contribution is 0.762. The topological polar surface area (TPSA) is 80.3 Å². The molecule has 0 aliphatic carbocycles. The summed E-state index contributed by atoms with van der Waals surface area (Å²) in [6.07, 6.45) is 0. The highest BCUT2D eigenvalue weighted by Gasteiger charge is 2.20. The maximum atomic E-state index is 9.42. The van der Waals surface area contributed by atoms with Crippen molar-refractivity contribution in [1.29, 1.82) is 5.26 Å². The van der Waals surface area contributed by atoms with Crippen LogP contribution in [-0.4, -0.2) is 25.2 Å². The zero-order valence-electron chi connectivity index (χ0n) is 13.6. The smallest absolute Gasteiger partial charge is 0.169 e. The highest BCUT2D eigenvalue weighted by Crippen LogP contribution is 2.35. The molecule has 0 saturated carbocycles. The van der Waals surface area contributed by atoms with Crippen LogP contribution in [-0.2, 0) is 0 Å². The van der Waals surface area contributed by atoms with E-state index in [1.54, 1.807) is 4.68 Å². The molecule has 2 heterocycles. The molecule has 1 atom stereocenters. The number of hydrogen-bond acceptors (Lipinski definition) is 6. The molecule has 0 bridgehead atoms. The molecule has 0 N–H and O–H groups in total. The largest absolute Gasteiger partial charge is 0.245 e. The summed E-state index contributed by atoms with van der Waals surface area (Å²) < 4.78 is 1.71. The molecular weight excluding hydrogens is 320 g/mol. The van der Waals surface area contributed by atoms with Crippen LogP contribution in [0.2, 0.25) is 0 Å². The monoisotopic (exact) mass is 336 g/mol. The summed E-state index contributed by atoms with van der Waals surface area (Å²) in [5, 5.41) is 22.1. The molecule has 0 aliphatic heterocycles. The van der Waals surface area contributed by atoms with E-state index >= 15 is 0 Å². The van der Waals surface area contributed by atoms with Crippen molar-refractivity contribution >= 4 is 11.8 Å². The number of tetrazole rings is 1. The van der Waals surface area contributed by atoms with E-state index in [-0.39, 0.29) is 5.25 Å². The molecule has 7 heteroatoms. The lowest BCUT2D eigenvalue weighted by atomic mass is 10.1. The number of nitrogens with zero attached hydrogens (tertiary/aromatic N) is 6. The zero-order valence-corrected chi connectivity index (χ0v) is 14.4. The van der Waals surface area contributed by atoms with Crippen LogP contribution in [0.15, 0.2) is 41.4 Å². The van der Waals surface area contributed by atoms with Crippen LogP contribution in [0, 0.1) is 25.2 Å². The van der Waals surface area contributed by atoms with E-state index < -0.39 is 0 Å². The molecule has 0 unspecified atom stereocenters. The second-order valence-corrected chi connectivity index (χ2v) is 6.75. The summed E-state index contributed by atoms with van der Waals surface area (Å²) in [6, 6.07) is 13.9. The maximum absolute atomic E-state index is 9.42. The standard InChI is InChI=1S/C17H16N6S/c1-11-9-12(2)19-17(15(11)10-18)24-13(3)16-20-21-22-23(16)14-7-5-4-6-8-14/h4-9,13H,1-3H3/t13-/m1/s1. The predicted octanol–water partition coefficient (Wildman–Crippen LogP) is 3.40. The minimum absolute atomic E-state index is 0.0546.